The summed E-state index contributed by atoms with van der Waals surface area (Å²) < 4.78 is 5.28. The zero-order chi connectivity index (χ0) is 14.7. The van der Waals surface area contributed by atoms with E-state index in [9.17, 15) is 9.59 Å². The van der Waals surface area contributed by atoms with Gasteiger partial charge in [-0.15, -0.1) is 0 Å². The fourth-order valence-electron chi connectivity index (χ4n) is 2.10. The molecule has 1 aliphatic rings. The van der Waals surface area contributed by atoms with Crippen LogP contribution in [0, 0.1) is 0 Å². The summed E-state index contributed by atoms with van der Waals surface area (Å²) in [5, 5.41) is 2.26. The van der Waals surface area contributed by atoms with Crippen LogP contribution in [0.4, 0.5) is 0 Å². The van der Waals surface area contributed by atoms with E-state index in [1.54, 1.807) is 24.1 Å². The van der Waals surface area contributed by atoms with Crippen LogP contribution in [0.2, 0.25) is 0 Å². The van der Waals surface area contributed by atoms with Gasteiger partial charge in [-0.2, -0.15) is 0 Å². The van der Waals surface area contributed by atoms with Crippen molar-refractivity contribution in [3.05, 3.63) is 29.3 Å². The van der Waals surface area contributed by atoms with Gasteiger partial charge in [0.15, 0.2) is 0 Å². The van der Waals surface area contributed by atoms with Crippen LogP contribution in [0.15, 0.2) is 18.2 Å². The second-order valence-electron chi connectivity index (χ2n) is 4.51. The SMILES string of the molecule is COc1ccc(C(N)=S)cc1CN1CC(=O)NC(=O)C1. The van der Waals surface area contributed by atoms with Gasteiger partial charge in [0.05, 0.1) is 20.2 Å². The highest BCUT2D eigenvalue weighted by Gasteiger charge is 2.23. The number of amides is 2. The molecular weight excluding hydrogens is 278 g/mol. The van der Waals surface area contributed by atoms with Gasteiger partial charge in [-0.1, -0.05) is 12.2 Å². The number of rotatable bonds is 4. The lowest BCUT2D eigenvalue weighted by atomic mass is 10.1. The Labute approximate surface area is 121 Å². The minimum absolute atomic E-state index is 0.173. The molecular formula is C13H15N3O3S. The van der Waals surface area contributed by atoms with Gasteiger partial charge >= 0.3 is 0 Å². The quantitative estimate of drug-likeness (QED) is 0.590. The number of piperazine rings is 1. The molecule has 1 heterocycles. The largest absolute Gasteiger partial charge is 0.496 e. The van der Waals surface area contributed by atoms with Gasteiger partial charge in [0.2, 0.25) is 11.8 Å². The van der Waals surface area contributed by atoms with Crippen molar-refractivity contribution in [1.29, 1.82) is 0 Å². The van der Waals surface area contributed by atoms with E-state index >= 15 is 0 Å². The van der Waals surface area contributed by atoms with Crippen LogP contribution in [-0.2, 0) is 16.1 Å². The van der Waals surface area contributed by atoms with Crippen molar-refractivity contribution in [3.8, 4) is 5.75 Å². The Hall–Kier alpha value is -1.99. The maximum Gasteiger partial charge on any atom is 0.240 e. The first-order chi connectivity index (χ1) is 9.49. The summed E-state index contributed by atoms with van der Waals surface area (Å²) >= 11 is 4.95. The molecule has 1 aliphatic heterocycles. The van der Waals surface area contributed by atoms with Gasteiger partial charge in [-0.3, -0.25) is 19.8 Å². The zero-order valence-corrected chi connectivity index (χ0v) is 11.8. The third kappa shape index (κ3) is 3.31. The van der Waals surface area contributed by atoms with Crippen LogP contribution in [0.1, 0.15) is 11.1 Å². The number of methoxy groups -OCH3 is 1. The van der Waals surface area contributed by atoms with Crippen LogP contribution in [0.3, 0.4) is 0 Å². The number of nitrogens with two attached hydrogens (primary N) is 1. The molecule has 6 nitrogen and oxygen atoms in total. The number of carbonyl (C=O) groups excluding carboxylic acids is 2. The normalized spacial score (nSPS) is 15.8. The minimum Gasteiger partial charge on any atom is -0.496 e. The number of carbonyl (C=O) groups is 2. The van der Waals surface area contributed by atoms with E-state index in [2.05, 4.69) is 5.32 Å². The lowest BCUT2D eigenvalue weighted by Gasteiger charge is -2.26. The number of benzene rings is 1. The first-order valence-electron chi connectivity index (χ1n) is 6.01. The van der Waals surface area contributed by atoms with E-state index in [4.69, 9.17) is 22.7 Å². The maximum absolute atomic E-state index is 11.4. The highest BCUT2D eigenvalue weighted by Crippen LogP contribution is 2.22. The minimum atomic E-state index is -0.300. The van der Waals surface area contributed by atoms with E-state index in [-0.39, 0.29) is 24.9 Å². The van der Waals surface area contributed by atoms with Gasteiger partial charge < -0.3 is 10.5 Å². The van der Waals surface area contributed by atoms with Crippen molar-refractivity contribution < 1.29 is 14.3 Å². The molecule has 2 rings (SSSR count). The second kappa shape index (κ2) is 5.98. The van der Waals surface area contributed by atoms with Crippen molar-refractivity contribution >= 4 is 29.0 Å². The molecule has 0 radical (unpaired) electrons. The van der Waals surface area contributed by atoms with Crippen molar-refractivity contribution in [2.75, 3.05) is 20.2 Å². The first kappa shape index (κ1) is 14.4. The van der Waals surface area contributed by atoms with Gasteiger partial charge in [0.1, 0.15) is 10.7 Å². The van der Waals surface area contributed by atoms with Crippen LogP contribution in [0.5, 0.6) is 5.75 Å². The summed E-state index contributed by atoms with van der Waals surface area (Å²) in [7, 11) is 1.56. The van der Waals surface area contributed by atoms with Crippen LogP contribution in [-0.4, -0.2) is 41.9 Å². The van der Waals surface area contributed by atoms with Crippen molar-refractivity contribution in [3.63, 3.8) is 0 Å². The fourth-order valence-corrected chi connectivity index (χ4v) is 2.23. The zero-order valence-electron chi connectivity index (χ0n) is 11.0. The van der Waals surface area contributed by atoms with Crippen LogP contribution < -0.4 is 15.8 Å². The smallest absolute Gasteiger partial charge is 0.240 e. The Balaban J connectivity index is 2.22. The number of nitrogens with one attached hydrogen (secondary N) is 1. The summed E-state index contributed by atoms with van der Waals surface area (Å²) in [6.07, 6.45) is 0. The molecule has 1 aromatic carbocycles. The fraction of sp³-hybridized carbons (Fsp3) is 0.308. The highest BCUT2D eigenvalue weighted by molar-refractivity contribution is 7.80. The van der Waals surface area contributed by atoms with Gasteiger partial charge in [-0.25, -0.2) is 0 Å². The Morgan fingerprint density at radius 2 is 2.05 bits per heavy atom. The number of ether oxygens (including phenoxy) is 1. The lowest BCUT2D eigenvalue weighted by molar-refractivity contribution is -0.136. The molecule has 1 aromatic rings. The monoisotopic (exact) mass is 293 g/mol. The summed E-state index contributed by atoms with van der Waals surface area (Å²) in [6.45, 7) is 0.761. The topological polar surface area (TPSA) is 84.7 Å². The Kier molecular flexibility index (Phi) is 4.31. The number of nitrogens with zero attached hydrogens (tertiary/aromatic N) is 1. The van der Waals surface area contributed by atoms with Gasteiger partial charge in [0.25, 0.3) is 0 Å². The molecule has 0 saturated carbocycles. The molecule has 0 bridgehead atoms. The summed E-state index contributed by atoms with van der Waals surface area (Å²) in [6, 6.07) is 5.37. The molecule has 106 valence electrons. The van der Waals surface area contributed by atoms with Crippen LogP contribution >= 0.6 is 12.2 Å². The molecule has 1 fully saturated rings. The van der Waals surface area contributed by atoms with E-state index < -0.39 is 0 Å². The molecule has 0 aromatic heterocycles. The summed E-state index contributed by atoms with van der Waals surface area (Å²) in [5.74, 6) is 0.0693. The molecule has 2 amide bonds. The van der Waals surface area contributed by atoms with Crippen LogP contribution in [0.25, 0.3) is 0 Å². The predicted octanol–water partition coefficient (Wildman–Crippen LogP) is -0.212. The number of thiocarbonyl (C=S) groups is 1. The molecule has 0 spiro atoms. The Morgan fingerprint density at radius 3 is 2.60 bits per heavy atom. The molecule has 0 atom stereocenters. The van der Waals surface area contributed by atoms with Gasteiger partial charge in [0, 0.05) is 17.7 Å². The molecule has 3 N–H and O–H groups in total. The predicted molar refractivity (Wildman–Crippen MR) is 77.3 cm³/mol. The maximum atomic E-state index is 11.4. The number of hydrogen-bond donors (Lipinski definition) is 2. The lowest BCUT2D eigenvalue weighted by Crippen LogP contribution is -2.50. The average molecular weight is 293 g/mol. The second-order valence-corrected chi connectivity index (χ2v) is 4.95. The third-order valence-electron chi connectivity index (χ3n) is 2.97. The highest BCUT2D eigenvalue weighted by atomic mass is 32.1. The summed E-state index contributed by atoms with van der Waals surface area (Å²) in [4.78, 5) is 24.7. The number of hydrogen-bond acceptors (Lipinski definition) is 5. The van der Waals surface area contributed by atoms with Gasteiger partial charge in [-0.05, 0) is 18.2 Å². The van der Waals surface area contributed by atoms with E-state index in [0.717, 1.165) is 11.1 Å². The Morgan fingerprint density at radius 1 is 1.40 bits per heavy atom. The summed E-state index contributed by atoms with van der Waals surface area (Å²) in [5.41, 5.74) is 7.17. The Bertz CT molecular complexity index is 558. The first-order valence-corrected chi connectivity index (χ1v) is 6.42. The van der Waals surface area contributed by atoms with E-state index in [1.165, 1.54) is 0 Å². The molecule has 0 unspecified atom stereocenters. The van der Waals surface area contributed by atoms with E-state index in [0.29, 0.717) is 17.3 Å². The van der Waals surface area contributed by atoms with Crippen molar-refractivity contribution in [2.45, 2.75) is 6.54 Å². The van der Waals surface area contributed by atoms with Crippen molar-refractivity contribution in [1.82, 2.24) is 10.2 Å². The standard InChI is InChI=1S/C13H15N3O3S/c1-19-10-3-2-8(13(14)20)4-9(10)5-16-6-11(17)15-12(18)7-16/h2-4H,5-7H2,1H3,(H2,14,20)(H,15,17,18). The third-order valence-corrected chi connectivity index (χ3v) is 3.21. The number of imide groups is 1. The van der Waals surface area contributed by atoms with Crippen molar-refractivity contribution in [2.24, 2.45) is 5.73 Å². The molecule has 0 aliphatic carbocycles. The van der Waals surface area contributed by atoms with E-state index in [1.807, 2.05) is 6.07 Å². The molecule has 1 saturated heterocycles. The molecule has 20 heavy (non-hydrogen) atoms. The molecule has 7 heteroatoms. The average Bonchev–Trinajstić information content (AvgIpc) is 2.37.